The van der Waals surface area contributed by atoms with Gasteiger partial charge in [0.15, 0.2) is 4.80 Å². The molecule has 1 saturated carbocycles. The molecule has 3 aromatic rings. The average Bonchev–Trinajstić information content (AvgIpc) is 3.23. The molecule has 9 heteroatoms. The summed E-state index contributed by atoms with van der Waals surface area (Å²) in [5.41, 5.74) is 2.37. The molecule has 1 aliphatic carbocycles. The van der Waals surface area contributed by atoms with Crippen LogP contribution in [0.15, 0.2) is 46.3 Å². The second-order valence-electron chi connectivity index (χ2n) is 8.65. The van der Waals surface area contributed by atoms with E-state index in [9.17, 15) is 13.2 Å². The van der Waals surface area contributed by atoms with Gasteiger partial charge in [-0.2, -0.15) is 9.30 Å². The first-order valence-electron chi connectivity index (χ1n) is 11.6. The molecule has 1 fully saturated rings. The fourth-order valence-corrected chi connectivity index (χ4v) is 7.14. The number of nitrogens with zero attached hydrogens (tertiary/aromatic N) is 3. The Kier molecular flexibility index (Phi) is 7.25. The van der Waals surface area contributed by atoms with E-state index in [0.29, 0.717) is 16.9 Å². The van der Waals surface area contributed by atoms with E-state index in [1.807, 2.05) is 30.5 Å². The van der Waals surface area contributed by atoms with Gasteiger partial charge in [0.1, 0.15) is 11.3 Å². The molecule has 2 aromatic carbocycles. The maximum absolute atomic E-state index is 13.1. The van der Waals surface area contributed by atoms with Crippen molar-refractivity contribution in [2.45, 2.75) is 63.4 Å². The van der Waals surface area contributed by atoms with Crippen molar-refractivity contribution >= 4 is 37.5 Å². The average molecular weight is 502 g/mol. The smallest absolute Gasteiger partial charge is 0.279 e. The van der Waals surface area contributed by atoms with Crippen LogP contribution < -0.4 is 9.54 Å². The monoisotopic (exact) mass is 501 g/mol. The summed E-state index contributed by atoms with van der Waals surface area (Å²) in [5.74, 6) is 0.333. The van der Waals surface area contributed by atoms with Crippen LogP contribution in [-0.2, 0) is 16.6 Å². The van der Waals surface area contributed by atoms with Crippen LogP contribution >= 0.6 is 11.3 Å². The van der Waals surface area contributed by atoms with E-state index >= 15 is 0 Å². The molecule has 0 aliphatic heterocycles. The van der Waals surface area contributed by atoms with Crippen molar-refractivity contribution in [2.24, 2.45) is 4.99 Å². The quantitative estimate of drug-likeness (QED) is 0.489. The summed E-state index contributed by atoms with van der Waals surface area (Å²) in [7, 11) is -0.321. The molecule has 0 N–H and O–H groups in total. The molecular formula is C25H31N3O4S2. The Morgan fingerprint density at radius 3 is 2.44 bits per heavy atom. The lowest BCUT2D eigenvalue weighted by Crippen LogP contribution is -2.38. The number of ether oxygens (including phenoxy) is 1. The number of hydrogen-bond donors (Lipinski definition) is 0. The van der Waals surface area contributed by atoms with E-state index in [1.54, 1.807) is 26.3 Å². The number of amides is 1. The number of sulfonamides is 1. The van der Waals surface area contributed by atoms with Gasteiger partial charge in [-0.1, -0.05) is 36.7 Å². The number of rotatable bonds is 6. The fourth-order valence-electron chi connectivity index (χ4n) is 4.55. The van der Waals surface area contributed by atoms with Gasteiger partial charge >= 0.3 is 0 Å². The van der Waals surface area contributed by atoms with Crippen molar-refractivity contribution in [1.29, 1.82) is 0 Å². The summed E-state index contributed by atoms with van der Waals surface area (Å²) < 4.78 is 36.2. The maximum Gasteiger partial charge on any atom is 0.279 e. The van der Waals surface area contributed by atoms with Crippen LogP contribution in [0.2, 0.25) is 0 Å². The number of methoxy groups -OCH3 is 1. The van der Waals surface area contributed by atoms with Gasteiger partial charge in [-0.05, 0) is 62.6 Å². The molecular weight excluding hydrogens is 470 g/mol. The highest BCUT2D eigenvalue weighted by molar-refractivity contribution is 7.89. The fraction of sp³-hybridized carbons (Fsp3) is 0.440. The van der Waals surface area contributed by atoms with Gasteiger partial charge in [0.25, 0.3) is 5.91 Å². The van der Waals surface area contributed by atoms with E-state index in [2.05, 4.69) is 4.99 Å². The molecule has 0 bridgehead atoms. The molecule has 0 saturated heterocycles. The standard InChI is InChI=1S/C25H31N3O4S2/c1-5-28-22-21(32-4)16-11-17(2)23(22)33-25(28)26-24(29)18-12-14-20(15-13-18)34(30,31)27(3)19-9-7-6-8-10-19/h11-16,19H,5-10H2,1-4H3. The van der Waals surface area contributed by atoms with Crippen molar-refractivity contribution < 1.29 is 17.9 Å². The SMILES string of the molecule is CCn1c(=NC(=O)c2ccc(S(=O)(=O)N(C)C3CCCCC3)cc2)sc2c(C)ccc(OC)c21. The maximum atomic E-state index is 13.1. The summed E-state index contributed by atoms with van der Waals surface area (Å²) in [4.78, 5) is 18.1. The third-order valence-corrected chi connectivity index (χ3v) is 9.72. The molecule has 0 radical (unpaired) electrons. The summed E-state index contributed by atoms with van der Waals surface area (Å²) >= 11 is 1.45. The predicted octanol–water partition coefficient (Wildman–Crippen LogP) is 4.73. The minimum Gasteiger partial charge on any atom is -0.495 e. The van der Waals surface area contributed by atoms with Crippen LogP contribution in [0.3, 0.4) is 0 Å². The zero-order chi connectivity index (χ0) is 24.5. The number of fused-ring (bicyclic) bond motifs is 1. The molecule has 0 unspecified atom stereocenters. The third kappa shape index (κ3) is 4.56. The molecule has 1 amide bonds. The van der Waals surface area contributed by atoms with E-state index < -0.39 is 15.9 Å². The summed E-state index contributed by atoms with van der Waals surface area (Å²) in [6.07, 6.45) is 5.06. The number of carbonyl (C=O) groups excluding carboxylic acids is 1. The van der Waals surface area contributed by atoms with E-state index in [1.165, 1.54) is 27.8 Å². The zero-order valence-electron chi connectivity index (χ0n) is 20.1. The van der Waals surface area contributed by atoms with Crippen LogP contribution in [0.4, 0.5) is 0 Å². The first-order chi connectivity index (χ1) is 16.3. The number of hydrogen-bond acceptors (Lipinski definition) is 5. The topological polar surface area (TPSA) is 81.0 Å². The van der Waals surface area contributed by atoms with Gasteiger partial charge in [-0.15, -0.1) is 0 Å². The largest absolute Gasteiger partial charge is 0.495 e. The molecule has 34 heavy (non-hydrogen) atoms. The minimum absolute atomic E-state index is 0.0351. The number of carbonyl (C=O) groups is 1. The molecule has 1 aromatic heterocycles. The lowest BCUT2D eigenvalue weighted by atomic mass is 9.96. The Balaban J connectivity index is 1.65. The van der Waals surface area contributed by atoms with E-state index in [-0.39, 0.29) is 10.9 Å². The lowest BCUT2D eigenvalue weighted by molar-refractivity contribution is 0.0997. The van der Waals surface area contributed by atoms with Gasteiger partial charge in [0.2, 0.25) is 10.0 Å². The van der Waals surface area contributed by atoms with Crippen LogP contribution in [0.25, 0.3) is 10.2 Å². The Morgan fingerprint density at radius 1 is 1.15 bits per heavy atom. The summed E-state index contributed by atoms with van der Waals surface area (Å²) in [5, 5.41) is 0. The van der Waals surface area contributed by atoms with Crippen molar-refractivity contribution in [3.8, 4) is 5.75 Å². The minimum atomic E-state index is -3.60. The van der Waals surface area contributed by atoms with Crippen LogP contribution in [0, 0.1) is 6.92 Å². The first kappa shape index (κ1) is 24.6. The van der Waals surface area contributed by atoms with E-state index in [4.69, 9.17) is 4.74 Å². The Bertz CT molecular complexity index is 1370. The lowest BCUT2D eigenvalue weighted by Gasteiger charge is -2.30. The van der Waals surface area contributed by atoms with Gasteiger partial charge in [0.05, 0.1) is 16.7 Å². The summed E-state index contributed by atoms with van der Waals surface area (Å²) in [6, 6.07) is 10.0. The van der Waals surface area contributed by atoms with E-state index in [0.717, 1.165) is 53.6 Å². The van der Waals surface area contributed by atoms with Gasteiger partial charge < -0.3 is 9.30 Å². The van der Waals surface area contributed by atoms with Crippen LogP contribution in [0.5, 0.6) is 5.75 Å². The van der Waals surface area contributed by atoms with Crippen LogP contribution in [0.1, 0.15) is 54.9 Å². The second kappa shape index (κ2) is 10.0. The molecule has 0 spiro atoms. The summed E-state index contributed by atoms with van der Waals surface area (Å²) in [6.45, 7) is 4.66. The molecule has 0 atom stereocenters. The van der Waals surface area contributed by atoms with Crippen molar-refractivity contribution in [3.63, 3.8) is 0 Å². The molecule has 7 nitrogen and oxygen atoms in total. The number of benzene rings is 2. The van der Waals surface area contributed by atoms with Crippen molar-refractivity contribution in [2.75, 3.05) is 14.2 Å². The Labute approximate surface area is 204 Å². The number of aryl methyl sites for hydroxylation is 2. The second-order valence-corrected chi connectivity index (χ2v) is 11.6. The van der Waals surface area contributed by atoms with Gasteiger partial charge in [-0.3, -0.25) is 4.79 Å². The molecule has 182 valence electrons. The predicted molar refractivity (Wildman–Crippen MR) is 135 cm³/mol. The van der Waals surface area contributed by atoms with Crippen molar-refractivity contribution in [3.05, 3.63) is 52.3 Å². The Hall–Kier alpha value is -2.49. The number of aromatic nitrogens is 1. The van der Waals surface area contributed by atoms with Gasteiger partial charge in [0, 0.05) is 25.2 Å². The highest BCUT2D eigenvalue weighted by Gasteiger charge is 2.29. The number of thiazole rings is 1. The molecule has 1 aliphatic rings. The highest BCUT2D eigenvalue weighted by atomic mass is 32.2. The molecule has 1 heterocycles. The first-order valence-corrected chi connectivity index (χ1v) is 13.9. The third-order valence-electron chi connectivity index (χ3n) is 6.59. The highest BCUT2D eigenvalue weighted by Crippen LogP contribution is 2.30. The molecule has 4 rings (SSSR count). The normalized spacial score (nSPS) is 15.9. The van der Waals surface area contributed by atoms with Crippen LogP contribution in [-0.4, -0.2) is 43.4 Å². The Morgan fingerprint density at radius 2 is 1.82 bits per heavy atom. The van der Waals surface area contributed by atoms with Crippen molar-refractivity contribution in [1.82, 2.24) is 8.87 Å². The van der Waals surface area contributed by atoms with Gasteiger partial charge in [-0.25, -0.2) is 8.42 Å². The zero-order valence-corrected chi connectivity index (χ0v) is 21.7.